The van der Waals surface area contributed by atoms with Gasteiger partial charge in [-0.25, -0.2) is 0 Å². The van der Waals surface area contributed by atoms with Gasteiger partial charge >= 0.3 is 0 Å². The van der Waals surface area contributed by atoms with Gasteiger partial charge in [0.2, 0.25) is 0 Å². The Hall–Kier alpha value is -2.53. The third-order valence-corrected chi connectivity index (χ3v) is 6.25. The van der Waals surface area contributed by atoms with Gasteiger partial charge in [-0.05, 0) is 49.4 Å². The van der Waals surface area contributed by atoms with Crippen LogP contribution in [0.2, 0.25) is 0 Å². The molecule has 0 bridgehead atoms. The molecule has 0 aliphatic carbocycles. The molecule has 2 aromatic carbocycles. The maximum absolute atomic E-state index is 9.38. The zero-order valence-corrected chi connectivity index (χ0v) is 17.6. The van der Waals surface area contributed by atoms with Crippen LogP contribution in [-0.4, -0.2) is 34.9 Å². The molecule has 3 aromatic rings. The molecule has 4 nitrogen and oxygen atoms in total. The summed E-state index contributed by atoms with van der Waals surface area (Å²) in [6, 6.07) is 25.4. The SMILES string of the molecule is C[C@@H](c1ccc(-c2ccccn2)cc1)N1CC[C@](CCCO)(c2ccccc2)OC1. The molecule has 156 valence electrons. The van der Waals surface area contributed by atoms with E-state index in [-0.39, 0.29) is 18.2 Å². The van der Waals surface area contributed by atoms with Crippen molar-refractivity contribution in [3.8, 4) is 11.3 Å². The highest BCUT2D eigenvalue weighted by Gasteiger charge is 2.38. The van der Waals surface area contributed by atoms with Crippen LogP contribution in [0.25, 0.3) is 11.3 Å². The Labute approximate surface area is 179 Å². The molecule has 1 N–H and O–H groups in total. The second-order valence-electron chi connectivity index (χ2n) is 8.04. The summed E-state index contributed by atoms with van der Waals surface area (Å²) in [6.07, 6.45) is 4.34. The molecule has 30 heavy (non-hydrogen) atoms. The quantitative estimate of drug-likeness (QED) is 0.593. The summed E-state index contributed by atoms with van der Waals surface area (Å²) in [6.45, 7) is 3.98. The molecular formula is C26H30N2O2. The highest BCUT2D eigenvalue weighted by molar-refractivity contribution is 5.59. The molecular weight excluding hydrogens is 372 g/mol. The van der Waals surface area contributed by atoms with Crippen LogP contribution in [0.15, 0.2) is 79.0 Å². The van der Waals surface area contributed by atoms with E-state index in [1.165, 1.54) is 11.1 Å². The van der Waals surface area contributed by atoms with Gasteiger partial charge in [0.05, 0.1) is 11.3 Å². The zero-order chi connectivity index (χ0) is 20.8. The maximum atomic E-state index is 9.38. The summed E-state index contributed by atoms with van der Waals surface area (Å²) in [4.78, 5) is 6.82. The van der Waals surface area contributed by atoms with Crippen LogP contribution in [0.5, 0.6) is 0 Å². The highest BCUT2D eigenvalue weighted by atomic mass is 16.5. The molecule has 0 saturated carbocycles. The molecule has 0 spiro atoms. The number of nitrogens with zero attached hydrogens (tertiary/aromatic N) is 2. The summed E-state index contributed by atoms with van der Waals surface area (Å²) in [5.74, 6) is 0. The van der Waals surface area contributed by atoms with Crippen molar-refractivity contribution >= 4 is 0 Å². The van der Waals surface area contributed by atoms with E-state index in [1.54, 1.807) is 0 Å². The minimum atomic E-state index is -0.303. The highest BCUT2D eigenvalue weighted by Crippen LogP contribution is 2.39. The van der Waals surface area contributed by atoms with Gasteiger partial charge < -0.3 is 9.84 Å². The number of rotatable bonds is 7. The van der Waals surface area contributed by atoms with Crippen LogP contribution < -0.4 is 0 Å². The summed E-state index contributed by atoms with van der Waals surface area (Å²) in [7, 11) is 0. The molecule has 2 heterocycles. The van der Waals surface area contributed by atoms with E-state index in [0.717, 1.165) is 37.1 Å². The van der Waals surface area contributed by atoms with E-state index < -0.39 is 0 Å². The van der Waals surface area contributed by atoms with Gasteiger partial charge in [0.1, 0.15) is 6.73 Å². The van der Waals surface area contributed by atoms with Crippen LogP contribution in [0.4, 0.5) is 0 Å². The van der Waals surface area contributed by atoms with Crippen LogP contribution in [0.1, 0.15) is 43.4 Å². The molecule has 2 atom stereocenters. The molecule has 1 aliphatic heterocycles. The predicted molar refractivity (Wildman–Crippen MR) is 120 cm³/mol. The second kappa shape index (κ2) is 9.52. The van der Waals surface area contributed by atoms with Gasteiger partial charge in [-0.3, -0.25) is 9.88 Å². The number of pyridine rings is 1. The lowest BCUT2D eigenvalue weighted by molar-refractivity contribution is -0.159. The summed E-state index contributed by atoms with van der Waals surface area (Å²) < 4.78 is 6.51. The lowest BCUT2D eigenvalue weighted by Crippen LogP contribution is -2.45. The lowest BCUT2D eigenvalue weighted by Gasteiger charge is -2.44. The van der Waals surface area contributed by atoms with E-state index in [2.05, 4.69) is 65.3 Å². The van der Waals surface area contributed by atoms with Crippen LogP contribution in [0, 0.1) is 0 Å². The molecule has 4 rings (SSSR count). The second-order valence-corrected chi connectivity index (χ2v) is 8.04. The van der Waals surface area contributed by atoms with Crippen molar-refractivity contribution in [3.63, 3.8) is 0 Å². The van der Waals surface area contributed by atoms with Crippen LogP contribution in [0.3, 0.4) is 0 Å². The number of ether oxygens (including phenoxy) is 1. The summed E-state index contributed by atoms with van der Waals surface area (Å²) in [5, 5.41) is 9.38. The van der Waals surface area contributed by atoms with Gasteiger partial charge in [-0.1, -0.05) is 60.7 Å². The van der Waals surface area contributed by atoms with Crippen molar-refractivity contribution in [2.24, 2.45) is 0 Å². The largest absolute Gasteiger partial charge is 0.396 e. The zero-order valence-electron chi connectivity index (χ0n) is 17.6. The standard InChI is InChI=1S/C26H30N2O2/c1-21(22-11-13-23(14-12-22)25-10-5-6-17-27-25)28-18-16-26(30-20-28,15-7-19-29)24-8-3-2-4-9-24/h2-6,8-14,17,21,29H,7,15-16,18-20H2,1H3/t21-,26+/m0/s1. The number of benzene rings is 2. The molecule has 4 heteroatoms. The molecule has 1 saturated heterocycles. The average Bonchev–Trinajstić information content (AvgIpc) is 2.84. The normalized spacial score (nSPS) is 20.7. The first-order valence-electron chi connectivity index (χ1n) is 10.8. The van der Waals surface area contributed by atoms with Gasteiger partial charge in [-0.15, -0.1) is 0 Å². The Balaban J connectivity index is 1.45. The van der Waals surface area contributed by atoms with Crippen molar-refractivity contribution in [1.29, 1.82) is 0 Å². The third kappa shape index (κ3) is 4.46. The van der Waals surface area contributed by atoms with Crippen molar-refractivity contribution < 1.29 is 9.84 Å². The molecule has 0 unspecified atom stereocenters. The van der Waals surface area contributed by atoms with Crippen molar-refractivity contribution in [2.45, 2.75) is 37.8 Å². The fourth-order valence-electron chi connectivity index (χ4n) is 4.33. The summed E-state index contributed by atoms with van der Waals surface area (Å²) in [5.41, 5.74) is 4.32. The Morgan fingerprint density at radius 2 is 1.80 bits per heavy atom. The first-order valence-corrected chi connectivity index (χ1v) is 10.8. The Kier molecular flexibility index (Phi) is 6.58. The van der Waals surface area contributed by atoms with Gasteiger partial charge in [0, 0.05) is 31.0 Å². The van der Waals surface area contributed by atoms with E-state index >= 15 is 0 Å². The van der Waals surface area contributed by atoms with Crippen molar-refractivity contribution in [3.05, 3.63) is 90.1 Å². The fourth-order valence-corrected chi connectivity index (χ4v) is 4.33. The fraction of sp³-hybridized carbons (Fsp3) is 0.346. The first-order chi connectivity index (χ1) is 14.7. The number of aromatic nitrogens is 1. The summed E-state index contributed by atoms with van der Waals surface area (Å²) >= 11 is 0. The maximum Gasteiger partial charge on any atom is 0.101 e. The molecule has 1 aromatic heterocycles. The minimum absolute atomic E-state index is 0.195. The Morgan fingerprint density at radius 3 is 2.43 bits per heavy atom. The van der Waals surface area contributed by atoms with Crippen molar-refractivity contribution in [1.82, 2.24) is 9.88 Å². The number of aliphatic hydroxyl groups excluding tert-OH is 1. The van der Waals surface area contributed by atoms with E-state index in [4.69, 9.17) is 4.74 Å². The third-order valence-electron chi connectivity index (χ3n) is 6.25. The molecule has 1 aliphatic rings. The molecule has 0 amide bonds. The smallest absolute Gasteiger partial charge is 0.101 e. The Bertz CT molecular complexity index is 905. The van der Waals surface area contributed by atoms with E-state index in [0.29, 0.717) is 6.73 Å². The van der Waals surface area contributed by atoms with Crippen LogP contribution >= 0.6 is 0 Å². The van der Waals surface area contributed by atoms with Gasteiger partial charge in [-0.2, -0.15) is 0 Å². The van der Waals surface area contributed by atoms with Gasteiger partial charge in [0.25, 0.3) is 0 Å². The number of hydrogen-bond acceptors (Lipinski definition) is 4. The van der Waals surface area contributed by atoms with Gasteiger partial charge in [0.15, 0.2) is 0 Å². The van der Waals surface area contributed by atoms with Crippen molar-refractivity contribution in [2.75, 3.05) is 19.9 Å². The molecule has 1 fully saturated rings. The Morgan fingerprint density at radius 1 is 1.03 bits per heavy atom. The lowest BCUT2D eigenvalue weighted by atomic mass is 9.84. The van der Waals surface area contributed by atoms with E-state index in [9.17, 15) is 5.11 Å². The van der Waals surface area contributed by atoms with Crippen LogP contribution in [-0.2, 0) is 10.3 Å². The topological polar surface area (TPSA) is 45.6 Å². The minimum Gasteiger partial charge on any atom is -0.396 e. The monoisotopic (exact) mass is 402 g/mol. The van der Waals surface area contributed by atoms with E-state index in [1.807, 2.05) is 30.5 Å². The molecule has 0 radical (unpaired) electrons. The average molecular weight is 403 g/mol. The first kappa shape index (κ1) is 20.7. The number of aliphatic hydroxyl groups is 1. The number of hydrogen-bond donors (Lipinski definition) is 1. The predicted octanol–water partition coefficient (Wildman–Crippen LogP) is 5.16.